The quantitative estimate of drug-likeness (QED) is 0.402. The third kappa shape index (κ3) is 3.91. The number of rotatable bonds is 5. The van der Waals surface area contributed by atoms with E-state index in [1.807, 2.05) is 43.3 Å². The van der Waals surface area contributed by atoms with Gasteiger partial charge in [0.1, 0.15) is 18.3 Å². The van der Waals surface area contributed by atoms with E-state index in [0.717, 1.165) is 26.9 Å². The van der Waals surface area contributed by atoms with Gasteiger partial charge in [-0.3, -0.25) is 23.7 Å². The molecule has 5 rings (SSSR count). The van der Waals surface area contributed by atoms with Crippen LogP contribution in [0.3, 0.4) is 0 Å². The molecule has 0 atom stereocenters. The van der Waals surface area contributed by atoms with Crippen molar-refractivity contribution in [3.8, 4) is 0 Å². The summed E-state index contributed by atoms with van der Waals surface area (Å²) in [5.41, 5.74) is 4.29. The number of hydrogen-bond acceptors (Lipinski definition) is 6. The maximum Gasteiger partial charge on any atom is 0.264 e. The Morgan fingerprint density at radius 3 is 2.73 bits per heavy atom. The molecule has 0 aliphatic carbocycles. The number of aromatic nitrogens is 5. The molecular formula is C24H22N6O2S. The number of anilines is 1. The first-order chi connectivity index (χ1) is 15.9. The van der Waals surface area contributed by atoms with E-state index in [1.54, 1.807) is 11.9 Å². The molecule has 1 amide bonds. The minimum absolute atomic E-state index is 0.141. The Hall–Kier alpha value is -3.85. The molecule has 0 bridgehead atoms. The topological polar surface area (TPSA) is 85.9 Å². The zero-order valence-electron chi connectivity index (χ0n) is 18.5. The van der Waals surface area contributed by atoms with E-state index in [0.29, 0.717) is 22.7 Å². The second-order valence-electron chi connectivity index (χ2n) is 8.08. The van der Waals surface area contributed by atoms with Crippen molar-refractivity contribution >= 4 is 43.6 Å². The molecule has 0 N–H and O–H groups in total. The predicted octanol–water partition coefficient (Wildman–Crippen LogP) is 3.59. The zero-order chi connectivity index (χ0) is 23.1. The van der Waals surface area contributed by atoms with E-state index in [4.69, 9.17) is 4.98 Å². The fraction of sp³-hybridized carbons (Fsp3) is 0.208. The molecule has 0 radical (unpaired) electrons. The monoisotopic (exact) mass is 458 g/mol. The lowest BCUT2D eigenvalue weighted by Gasteiger charge is -2.20. The lowest BCUT2D eigenvalue weighted by atomic mass is 10.1. The number of hydrogen-bond donors (Lipinski definition) is 0. The number of amides is 1. The highest BCUT2D eigenvalue weighted by Crippen LogP contribution is 2.33. The van der Waals surface area contributed by atoms with Gasteiger partial charge in [0, 0.05) is 7.05 Å². The van der Waals surface area contributed by atoms with Crippen molar-refractivity contribution in [3.63, 3.8) is 0 Å². The van der Waals surface area contributed by atoms with E-state index < -0.39 is 0 Å². The Balaban J connectivity index is 1.54. The molecule has 8 nitrogen and oxygen atoms in total. The van der Waals surface area contributed by atoms with Crippen molar-refractivity contribution in [1.82, 2.24) is 24.3 Å². The van der Waals surface area contributed by atoms with Crippen molar-refractivity contribution < 1.29 is 4.79 Å². The Bertz CT molecular complexity index is 1550. The number of fused-ring (bicyclic) bond motifs is 2. The van der Waals surface area contributed by atoms with Gasteiger partial charge in [0.15, 0.2) is 10.8 Å². The van der Waals surface area contributed by atoms with Gasteiger partial charge in [-0.2, -0.15) is 5.10 Å². The van der Waals surface area contributed by atoms with Crippen LogP contribution in [-0.4, -0.2) is 30.2 Å². The summed E-state index contributed by atoms with van der Waals surface area (Å²) in [5.74, 6) is -0.237. The molecule has 0 spiro atoms. The van der Waals surface area contributed by atoms with Crippen LogP contribution in [0.1, 0.15) is 16.7 Å². The fourth-order valence-corrected chi connectivity index (χ4v) is 4.95. The molecule has 0 aliphatic heterocycles. The van der Waals surface area contributed by atoms with E-state index in [9.17, 15) is 9.59 Å². The van der Waals surface area contributed by atoms with E-state index in [1.165, 1.54) is 33.1 Å². The summed E-state index contributed by atoms with van der Waals surface area (Å²) >= 11 is 1.49. The molecule has 33 heavy (non-hydrogen) atoms. The maximum atomic E-state index is 13.5. The summed E-state index contributed by atoms with van der Waals surface area (Å²) in [6.45, 7) is 4.30. The van der Waals surface area contributed by atoms with E-state index in [2.05, 4.69) is 23.1 Å². The average Bonchev–Trinajstić information content (AvgIpc) is 3.39. The minimum atomic E-state index is -0.295. The fourth-order valence-electron chi connectivity index (χ4n) is 3.92. The first kappa shape index (κ1) is 21.0. The average molecular weight is 459 g/mol. The highest BCUT2D eigenvalue weighted by Gasteiger charge is 2.22. The van der Waals surface area contributed by atoms with E-state index in [-0.39, 0.29) is 18.0 Å². The van der Waals surface area contributed by atoms with Crippen LogP contribution < -0.4 is 10.5 Å². The van der Waals surface area contributed by atoms with Crippen LogP contribution in [0.15, 0.2) is 59.8 Å². The number of benzene rings is 2. The van der Waals surface area contributed by atoms with Crippen LogP contribution >= 0.6 is 11.3 Å². The Labute approximate surface area is 193 Å². The van der Waals surface area contributed by atoms with Crippen molar-refractivity contribution in [1.29, 1.82) is 0 Å². The number of carbonyl (C=O) groups excluding carboxylic acids is 1. The number of thiazole rings is 1. The van der Waals surface area contributed by atoms with Crippen LogP contribution in [0.2, 0.25) is 0 Å². The summed E-state index contributed by atoms with van der Waals surface area (Å²) in [7, 11) is 1.72. The SMILES string of the molecule is Cc1cc(C)c2sc(N(Cc3ccccc3)C(=O)Cn3cnc4c(cnn4C)c3=O)nc2c1. The van der Waals surface area contributed by atoms with Crippen LogP contribution in [0, 0.1) is 13.8 Å². The molecule has 5 aromatic rings. The lowest BCUT2D eigenvalue weighted by Crippen LogP contribution is -2.36. The molecule has 3 aromatic heterocycles. The molecule has 9 heteroatoms. The van der Waals surface area contributed by atoms with Gasteiger partial charge in [-0.15, -0.1) is 0 Å². The molecule has 0 fully saturated rings. The summed E-state index contributed by atoms with van der Waals surface area (Å²) in [4.78, 5) is 37.2. The predicted molar refractivity (Wildman–Crippen MR) is 129 cm³/mol. The first-order valence-electron chi connectivity index (χ1n) is 10.5. The standard InChI is InChI=1S/C24H22N6O2S/c1-15-9-16(2)21-19(10-15)27-24(33-21)30(12-17-7-5-4-6-8-17)20(31)13-29-14-25-22-18(23(29)32)11-26-28(22)3/h4-11,14H,12-13H2,1-3H3. The van der Waals surface area contributed by atoms with Gasteiger partial charge in [-0.25, -0.2) is 9.97 Å². The van der Waals surface area contributed by atoms with Gasteiger partial charge >= 0.3 is 0 Å². The normalized spacial score (nSPS) is 11.4. The van der Waals surface area contributed by atoms with Crippen molar-refractivity contribution in [2.24, 2.45) is 7.05 Å². The molecule has 0 aliphatic rings. The highest BCUT2D eigenvalue weighted by molar-refractivity contribution is 7.22. The minimum Gasteiger partial charge on any atom is -0.289 e. The summed E-state index contributed by atoms with van der Waals surface area (Å²) in [6.07, 6.45) is 2.88. The Morgan fingerprint density at radius 1 is 1.15 bits per heavy atom. The van der Waals surface area contributed by atoms with Gasteiger partial charge < -0.3 is 0 Å². The van der Waals surface area contributed by atoms with Crippen LogP contribution in [0.4, 0.5) is 5.13 Å². The number of nitrogens with zero attached hydrogens (tertiary/aromatic N) is 6. The second-order valence-corrected chi connectivity index (χ2v) is 9.05. The Kier molecular flexibility index (Phi) is 5.26. The third-order valence-corrected chi connectivity index (χ3v) is 6.78. The molecule has 0 saturated heterocycles. The summed E-state index contributed by atoms with van der Waals surface area (Å²) in [6, 6.07) is 13.9. The van der Waals surface area contributed by atoms with Crippen molar-refractivity contribution in [3.05, 3.63) is 82.0 Å². The van der Waals surface area contributed by atoms with Gasteiger partial charge in [-0.05, 0) is 36.6 Å². The number of carbonyl (C=O) groups is 1. The summed E-state index contributed by atoms with van der Waals surface area (Å²) in [5, 5.41) is 5.08. The highest BCUT2D eigenvalue weighted by atomic mass is 32.1. The smallest absolute Gasteiger partial charge is 0.264 e. The van der Waals surface area contributed by atoms with Gasteiger partial charge in [0.25, 0.3) is 5.56 Å². The van der Waals surface area contributed by atoms with Gasteiger partial charge in [0.05, 0.1) is 23.0 Å². The van der Waals surface area contributed by atoms with Crippen LogP contribution in [0.25, 0.3) is 21.3 Å². The van der Waals surface area contributed by atoms with Crippen LogP contribution in [-0.2, 0) is 24.9 Å². The molecule has 0 saturated carbocycles. The molecule has 2 aromatic carbocycles. The third-order valence-electron chi connectivity index (χ3n) is 5.55. The zero-order valence-corrected chi connectivity index (χ0v) is 19.3. The summed E-state index contributed by atoms with van der Waals surface area (Å²) < 4.78 is 3.92. The number of aryl methyl sites for hydroxylation is 3. The van der Waals surface area contributed by atoms with Crippen molar-refractivity contribution in [2.45, 2.75) is 26.9 Å². The molecular weight excluding hydrogens is 436 g/mol. The second kappa shape index (κ2) is 8.25. The van der Waals surface area contributed by atoms with Gasteiger partial charge in [0.2, 0.25) is 5.91 Å². The molecule has 166 valence electrons. The molecule has 0 unspecified atom stereocenters. The molecule has 3 heterocycles. The Morgan fingerprint density at radius 2 is 1.94 bits per heavy atom. The van der Waals surface area contributed by atoms with E-state index >= 15 is 0 Å². The first-order valence-corrected chi connectivity index (χ1v) is 11.3. The maximum absolute atomic E-state index is 13.5. The van der Waals surface area contributed by atoms with Gasteiger partial charge in [-0.1, -0.05) is 47.7 Å². The lowest BCUT2D eigenvalue weighted by molar-refractivity contribution is -0.119. The van der Waals surface area contributed by atoms with Crippen LogP contribution in [0.5, 0.6) is 0 Å². The van der Waals surface area contributed by atoms with Crippen molar-refractivity contribution in [2.75, 3.05) is 4.90 Å². The largest absolute Gasteiger partial charge is 0.289 e.